The van der Waals surface area contributed by atoms with Crippen LogP contribution in [0.5, 0.6) is 0 Å². The van der Waals surface area contributed by atoms with Gasteiger partial charge in [-0.1, -0.05) is 48.5 Å². The van der Waals surface area contributed by atoms with Gasteiger partial charge in [0, 0.05) is 24.4 Å². The van der Waals surface area contributed by atoms with Crippen molar-refractivity contribution in [2.75, 3.05) is 6.61 Å². The van der Waals surface area contributed by atoms with Crippen LogP contribution in [0.15, 0.2) is 0 Å². The van der Waals surface area contributed by atoms with Crippen LogP contribution in [0.4, 0.5) is 0 Å². The number of Topliss-reactive ketones (excluding diaryl/α,β-unsaturated/α-hetero) is 1. The summed E-state index contributed by atoms with van der Waals surface area (Å²) in [6, 6.07) is 0. The molecule has 1 unspecified atom stereocenters. The molecule has 10 atom stereocenters. The highest BCUT2D eigenvalue weighted by atomic mass is 16.3. The van der Waals surface area contributed by atoms with Crippen LogP contribution in [-0.4, -0.2) is 28.7 Å². The second-order valence-corrected chi connectivity index (χ2v) is 15.4. The third-order valence-corrected chi connectivity index (χ3v) is 13.7. The minimum absolute atomic E-state index is 0.0158. The number of hydrogen-bond donors (Lipinski definition) is 2. The quantitative estimate of drug-likeness (QED) is 0.478. The van der Waals surface area contributed by atoms with Crippen LogP contribution in [0, 0.1) is 56.2 Å². The maximum atomic E-state index is 13.6. The second kappa shape index (κ2) is 7.09. The van der Waals surface area contributed by atoms with Crippen LogP contribution in [0.3, 0.4) is 0 Å². The zero-order valence-electron chi connectivity index (χ0n) is 22.5. The number of carbonyl (C=O) groups is 1. The lowest BCUT2D eigenvalue weighted by molar-refractivity contribution is -0.262. The van der Waals surface area contributed by atoms with E-state index in [0.717, 1.165) is 25.2 Å². The summed E-state index contributed by atoms with van der Waals surface area (Å²) in [6.07, 6.45) is 10.6. The maximum Gasteiger partial charge on any atom is 0.139 e. The van der Waals surface area contributed by atoms with E-state index < -0.39 is 11.5 Å². The fourth-order valence-electron chi connectivity index (χ4n) is 11.3. The Labute approximate surface area is 202 Å². The van der Waals surface area contributed by atoms with E-state index in [9.17, 15) is 15.0 Å². The molecule has 5 saturated carbocycles. The molecule has 0 heterocycles. The first-order valence-corrected chi connectivity index (χ1v) is 14.0. The third kappa shape index (κ3) is 2.90. The van der Waals surface area contributed by atoms with Gasteiger partial charge >= 0.3 is 0 Å². The number of aliphatic hydroxyl groups excluding tert-OH is 2. The molecule has 0 saturated heterocycles. The summed E-state index contributed by atoms with van der Waals surface area (Å²) in [4.78, 5) is 13.6. The first-order valence-electron chi connectivity index (χ1n) is 14.0. The fourth-order valence-corrected chi connectivity index (χ4v) is 11.3. The highest BCUT2D eigenvalue weighted by molar-refractivity contribution is 5.84. The Bertz CT molecular complexity index is 834. The van der Waals surface area contributed by atoms with Crippen LogP contribution in [0.1, 0.15) is 113 Å². The molecule has 0 aromatic carbocycles. The van der Waals surface area contributed by atoms with Gasteiger partial charge in [-0.05, 0) is 103 Å². The van der Waals surface area contributed by atoms with E-state index in [4.69, 9.17) is 0 Å². The van der Waals surface area contributed by atoms with E-state index in [1.54, 1.807) is 0 Å². The molecule has 5 rings (SSSR count). The van der Waals surface area contributed by atoms with Gasteiger partial charge in [0.2, 0.25) is 0 Å². The second-order valence-electron chi connectivity index (χ2n) is 15.4. The van der Waals surface area contributed by atoms with Crippen molar-refractivity contribution in [1.82, 2.24) is 0 Å². The molecule has 5 fully saturated rings. The average Bonchev–Trinajstić information content (AvgIpc) is 2.74. The minimum Gasteiger partial charge on any atom is -0.396 e. The molecule has 0 aromatic heterocycles. The average molecular weight is 459 g/mol. The monoisotopic (exact) mass is 458 g/mol. The van der Waals surface area contributed by atoms with Gasteiger partial charge in [-0.25, -0.2) is 0 Å². The van der Waals surface area contributed by atoms with Gasteiger partial charge in [-0.2, -0.15) is 0 Å². The summed E-state index contributed by atoms with van der Waals surface area (Å²) in [5, 5.41) is 21.4. The fraction of sp³-hybridized carbons (Fsp3) is 0.967. The van der Waals surface area contributed by atoms with Gasteiger partial charge in [0.05, 0.1) is 6.10 Å². The molecular formula is C30H50O3. The molecule has 33 heavy (non-hydrogen) atoms. The smallest absolute Gasteiger partial charge is 0.139 e. The molecule has 3 nitrogen and oxygen atoms in total. The van der Waals surface area contributed by atoms with Crippen molar-refractivity contribution in [2.45, 2.75) is 119 Å². The Morgan fingerprint density at radius 2 is 1.45 bits per heavy atom. The Balaban J connectivity index is 1.58. The van der Waals surface area contributed by atoms with Crippen molar-refractivity contribution in [3.8, 4) is 0 Å². The van der Waals surface area contributed by atoms with E-state index in [0.29, 0.717) is 22.2 Å². The van der Waals surface area contributed by atoms with Crippen LogP contribution in [0.25, 0.3) is 0 Å². The lowest BCUT2D eigenvalue weighted by Gasteiger charge is -2.74. The molecule has 5 aliphatic rings. The predicted octanol–water partition coefficient (Wildman–Crippen LogP) is 6.40. The van der Waals surface area contributed by atoms with E-state index in [2.05, 4.69) is 48.5 Å². The molecule has 0 spiro atoms. The van der Waals surface area contributed by atoms with Gasteiger partial charge in [-0.15, -0.1) is 0 Å². The molecular weight excluding hydrogens is 408 g/mol. The van der Waals surface area contributed by atoms with E-state index in [1.165, 1.54) is 38.5 Å². The summed E-state index contributed by atoms with van der Waals surface area (Å²) in [5.41, 5.74) is 0.914. The molecule has 2 N–H and O–H groups in total. The first kappa shape index (κ1) is 24.3. The minimum atomic E-state index is -0.606. The summed E-state index contributed by atoms with van der Waals surface area (Å²) in [7, 11) is 0. The Kier molecular flexibility index (Phi) is 5.22. The number of fused-ring (bicyclic) bond motifs is 7. The summed E-state index contributed by atoms with van der Waals surface area (Å²) >= 11 is 0. The Morgan fingerprint density at radius 3 is 2.12 bits per heavy atom. The normalized spacial score (nSPS) is 58.0. The van der Waals surface area contributed by atoms with Crippen molar-refractivity contribution in [1.29, 1.82) is 0 Å². The van der Waals surface area contributed by atoms with Crippen LogP contribution in [-0.2, 0) is 4.79 Å². The summed E-state index contributed by atoms with van der Waals surface area (Å²) < 4.78 is 0. The van der Waals surface area contributed by atoms with E-state index >= 15 is 0 Å². The van der Waals surface area contributed by atoms with E-state index in [-0.39, 0.29) is 41.5 Å². The van der Waals surface area contributed by atoms with Crippen molar-refractivity contribution < 1.29 is 15.0 Å². The van der Waals surface area contributed by atoms with Crippen molar-refractivity contribution >= 4 is 5.78 Å². The predicted molar refractivity (Wildman–Crippen MR) is 133 cm³/mol. The Morgan fingerprint density at radius 1 is 0.848 bits per heavy atom. The first-order chi connectivity index (χ1) is 15.2. The van der Waals surface area contributed by atoms with Crippen LogP contribution >= 0.6 is 0 Å². The largest absolute Gasteiger partial charge is 0.396 e. The molecule has 0 aromatic rings. The van der Waals surface area contributed by atoms with Crippen molar-refractivity contribution in [3.05, 3.63) is 0 Å². The van der Waals surface area contributed by atoms with Gasteiger partial charge in [0.1, 0.15) is 5.78 Å². The lowest BCUT2D eigenvalue weighted by atomic mass is 9.30. The molecule has 0 amide bonds. The molecule has 3 heteroatoms. The zero-order valence-corrected chi connectivity index (χ0v) is 22.5. The van der Waals surface area contributed by atoms with E-state index in [1.807, 2.05) is 0 Å². The summed E-state index contributed by atoms with van der Waals surface area (Å²) in [5.74, 6) is 1.38. The highest BCUT2D eigenvalue weighted by Gasteiger charge is 2.72. The topological polar surface area (TPSA) is 57.5 Å². The summed E-state index contributed by atoms with van der Waals surface area (Å²) in [6.45, 7) is 17.3. The molecule has 0 radical (unpaired) electrons. The van der Waals surface area contributed by atoms with Crippen LogP contribution in [0.2, 0.25) is 0 Å². The Hall–Kier alpha value is -0.410. The number of hydrogen-bond acceptors (Lipinski definition) is 3. The lowest BCUT2D eigenvalue weighted by Crippen LogP contribution is -2.70. The standard InChI is InChI=1S/C30H50O3/c1-19-20(32)16-21(33)24-27(5)13-15-29(7)23-17-25(2,3)10-11-26(23,4)12-14-28(29,6)22(27)8-9-30(19,24)18-31/h19-20,22-24,31-32H,8-18H2,1-7H3/t19-,20?,22-,23+,24-,26+,27+,28+,29-,30-/m0/s1. The van der Waals surface area contributed by atoms with Crippen molar-refractivity contribution in [3.63, 3.8) is 0 Å². The zero-order chi connectivity index (χ0) is 24.2. The number of carbonyl (C=O) groups excluding carboxylic acids is 1. The molecule has 188 valence electrons. The third-order valence-electron chi connectivity index (χ3n) is 13.7. The SMILES string of the molecule is C[C@H]1C(O)CC(=O)[C@H]2[C@]3(C)CC[C@@]4(C)[C@@H]5CC(C)(C)CC[C@]5(C)CC[C@]4(C)[C@H]3CC[C@]12CO. The van der Waals surface area contributed by atoms with Crippen LogP contribution < -0.4 is 0 Å². The maximum absolute atomic E-state index is 13.6. The molecule has 5 aliphatic carbocycles. The van der Waals surface area contributed by atoms with Gasteiger partial charge in [0.25, 0.3) is 0 Å². The highest BCUT2D eigenvalue weighted by Crippen LogP contribution is 2.78. The molecule has 0 aliphatic heterocycles. The molecule has 0 bridgehead atoms. The van der Waals surface area contributed by atoms with Gasteiger partial charge < -0.3 is 10.2 Å². The number of aliphatic hydroxyl groups is 2. The van der Waals surface area contributed by atoms with Gasteiger partial charge in [0.15, 0.2) is 0 Å². The number of rotatable bonds is 1. The van der Waals surface area contributed by atoms with Crippen molar-refractivity contribution in [2.24, 2.45) is 56.2 Å². The van der Waals surface area contributed by atoms with Gasteiger partial charge in [-0.3, -0.25) is 4.79 Å². The number of ketones is 1.